The second-order valence-corrected chi connectivity index (χ2v) is 3.70. The molecule has 2 rings (SSSR count). The Labute approximate surface area is 106 Å². The molecule has 10 heteroatoms. The molecule has 1 N–H and O–H groups in total. The Kier molecular flexibility index (Phi) is 3.11. The summed E-state index contributed by atoms with van der Waals surface area (Å²) < 4.78 is 79.7. The second kappa shape index (κ2) is 4.39. The summed E-state index contributed by atoms with van der Waals surface area (Å²) in [5.41, 5.74) is -3.74. The van der Waals surface area contributed by atoms with E-state index in [0.29, 0.717) is 12.1 Å². The molecule has 0 saturated carbocycles. The molecule has 4 nitrogen and oxygen atoms in total. The van der Waals surface area contributed by atoms with Crippen LogP contribution in [0, 0.1) is 0 Å². The smallest absolute Gasteiger partial charge is 0.296 e. The number of hydrogen-bond acceptors (Lipinski definition) is 3. The maximum Gasteiger partial charge on any atom is 0.439 e. The summed E-state index contributed by atoms with van der Waals surface area (Å²) in [5.74, 6) is -1.72. The zero-order chi connectivity index (χ0) is 15.1. The lowest BCUT2D eigenvalue weighted by Gasteiger charge is -2.14. The molecule has 0 fully saturated rings. The van der Waals surface area contributed by atoms with E-state index in [1.54, 1.807) is 0 Å². The van der Waals surface area contributed by atoms with Crippen LogP contribution in [0.4, 0.5) is 26.3 Å². The van der Waals surface area contributed by atoms with Crippen LogP contribution in [0.15, 0.2) is 27.5 Å². The topological polar surface area (TPSA) is 58.9 Å². The zero-order valence-corrected chi connectivity index (χ0v) is 9.26. The van der Waals surface area contributed by atoms with Crippen molar-refractivity contribution in [3.63, 3.8) is 0 Å². The fourth-order valence-electron chi connectivity index (χ4n) is 1.51. The van der Waals surface area contributed by atoms with Crippen LogP contribution in [0.5, 0.6) is 0 Å². The van der Waals surface area contributed by atoms with Crippen LogP contribution >= 0.6 is 0 Å². The van der Waals surface area contributed by atoms with Crippen LogP contribution in [-0.2, 0) is 12.4 Å². The molecule has 1 heterocycles. The van der Waals surface area contributed by atoms with E-state index in [4.69, 9.17) is 0 Å². The van der Waals surface area contributed by atoms with Crippen LogP contribution in [0.2, 0.25) is 0 Å². The molecule has 0 spiro atoms. The van der Waals surface area contributed by atoms with Crippen LogP contribution in [-0.4, -0.2) is 10.1 Å². The van der Waals surface area contributed by atoms with E-state index in [-0.39, 0.29) is 6.07 Å². The van der Waals surface area contributed by atoms with Crippen molar-refractivity contribution in [2.45, 2.75) is 12.4 Å². The van der Waals surface area contributed by atoms with E-state index in [1.807, 2.05) is 4.98 Å². The molecule has 0 unspecified atom stereocenters. The number of alkyl halides is 6. The number of nitrogens with one attached hydrogen (secondary N) is 1. The monoisotopic (exact) mass is 298 g/mol. The van der Waals surface area contributed by atoms with Gasteiger partial charge in [-0.3, -0.25) is 9.51 Å². The second-order valence-electron chi connectivity index (χ2n) is 3.70. The summed E-state index contributed by atoms with van der Waals surface area (Å²) in [5, 5.41) is 3.03. The summed E-state index contributed by atoms with van der Waals surface area (Å²) in [7, 11) is 0. The largest absolute Gasteiger partial charge is 0.439 e. The molecular weight excluding hydrogens is 294 g/mol. The molecule has 1 aromatic carbocycles. The predicted octanol–water partition coefficient (Wildman–Crippen LogP) is 3.07. The summed E-state index contributed by atoms with van der Waals surface area (Å²) in [6, 6.07) is 0.972. The molecule has 20 heavy (non-hydrogen) atoms. The van der Waals surface area contributed by atoms with Gasteiger partial charge in [0, 0.05) is 5.56 Å². The molecule has 0 saturated heterocycles. The van der Waals surface area contributed by atoms with Crippen LogP contribution in [0.25, 0.3) is 11.4 Å². The Morgan fingerprint density at radius 3 is 2.15 bits per heavy atom. The highest BCUT2D eigenvalue weighted by Crippen LogP contribution is 2.39. The molecule has 0 aliphatic heterocycles. The molecule has 0 radical (unpaired) electrons. The van der Waals surface area contributed by atoms with Crippen molar-refractivity contribution < 1.29 is 30.9 Å². The quantitative estimate of drug-likeness (QED) is 0.823. The lowest BCUT2D eigenvalue weighted by molar-refractivity contribution is -0.142. The molecule has 0 aliphatic carbocycles. The fraction of sp³-hybridized carbons (Fsp3) is 0.200. The highest BCUT2D eigenvalue weighted by atomic mass is 19.4. The van der Waals surface area contributed by atoms with Gasteiger partial charge in [-0.05, 0) is 18.2 Å². The first-order valence-electron chi connectivity index (χ1n) is 4.94. The van der Waals surface area contributed by atoms with Crippen molar-refractivity contribution >= 4 is 0 Å². The standard InChI is InChI=1S/C10H4F6N2O2/c11-9(12,13)4-1-2-5(6(3-4)10(14,15)16)7-17-8(19)20-18-7/h1-3H,(H,17,18,19). The zero-order valence-electron chi connectivity index (χ0n) is 9.26. The normalized spacial score (nSPS) is 12.7. The highest BCUT2D eigenvalue weighted by molar-refractivity contribution is 5.61. The van der Waals surface area contributed by atoms with E-state index < -0.39 is 40.6 Å². The first kappa shape index (κ1) is 14.2. The van der Waals surface area contributed by atoms with Gasteiger partial charge in [-0.1, -0.05) is 5.16 Å². The lowest BCUT2D eigenvalue weighted by atomic mass is 10.0. The fourth-order valence-corrected chi connectivity index (χ4v) is 1.51. The van der Waals surface area contributed by atoms with Gasteiger partial charge in [0.15, 0.2) is 5.82 Å². The Hall–Kier alpha value is -2.26. The van der Waals surface area contributed by atoms with Gasteiger partial charge in [0.1, 0.15) is 0 Å². The van der Waals surface area contributed by atoms with E-state index in [9.17, 15) is 31.1 Å². The molecule has 0 amide bonds. The number of rotatable bonds is 1. The van der Waals surface area contributed by atoms with Gasteiger partial charge < -0.3 is 0 Å². The first-order chi connectivity index (χ1) is 9.09. The minimum absolute atomic E-state index is 0.0532. The number of aromatic amines is 1. The van der Waals surface area contributed by atoms with Gasteiger partial charge in [0.2, 0.25) is 0 Å². The minimum atomic E-state index is -5.05. The van der Waals surface area contributed by atoms with E-state index in [1.165, 1.54) is 0 Å². The number of hydrogen-bond donors (Lipinski definition) is 1. The van der Waals surface area contributed by atoms with Crippen LogP contribution in [0.1, 0.15) is 11.1 Å². The van der Waals surface area contributed by atoms with E-state index >= 15 is 0 Å². The van der Waals surface area contributed by atoms with Gasteiger partial charge in [0.25, 0.3) is 0 Å². The van der Waals surface area contributed by atoms with Crippen molar-refractivity contribution in [3.05, 3.63) is 39.9 Å². The average molecular weight is 298 g/mol. The molecule has 1 aromatic heterocycles. The van der Waals surface area contributed by atoms with Gasteiger partial charge in [-0.2, -0.15) is 26.3 Å². The van der Waals surface area contributed by atoms with Gasteiger partial charge in [0.05, 0.1) is 11.1 Å². The molecule has 0 atom stereocenters. The summed E-state index contributed by atoms with van der Waals surface area (Å²) in [6.07, 6.45) is -9.97. The van der Waals surface area contributed by atoms with E-state index in [0.717, 1.165) is 0 Å². The van der Waals surface area contributed by atoms with E-state index in [2.05, 4.69) is 9.68 Å². The first-order valence-corrected chi connectivity index (χ1v) is 4.94. The molecular formula is C10H4F6N2O2. The summed E-state index contributed by atoms with van der Waals surface area (Å²) in [6.45, 7) is 0. The molecule has 2 aromatic rings. The van der Waals surface area contributed by atoms with Crippen molar-refractivity contribution in [3.8, 4) is 11.4 Å². The minimum Gasteiger partial charge on any atom is -0.296 e. The Morgan fingerprint density at radius 2 is 1.70 bits per heavy atom. The van der Waals surface area contributed by atoms with Gasteiger partial charge in [-0.15, -0.1) is 0 Å². The summed E-state index contributed by atoms with van der Waals surface area (Å²) in [4.78, 5) is 12.6. The highest BCUT2D eigenvalue weighted by Gasteiger charge is 2.39. The Balaban J connectivity index is 2.67. The molecule has 0 bridgehead atoms. The molecule has 0 aliphatic rings. The van der Waals surface area contributed by atoms with Crippen LogP contribution < -0.4 is 5.76 Å². The Bertz CT molecular complexity index is 682. The maximum absolute atomic E-state index is 12.8. The SMILES string of the molecule is O=c1[nH]c(-c2ccc(C(F)(F)F)cc2C(F)(F)F)no1. The van der Waals surface area contributed by atoms with Crippen molar-refractivity contribution in [1.82, 2.24) is 10.1 Å². The number of halogens is 6. The molecule has 108 valence electrons. The summed E-state index contributed by atoms with van der Waals surface area (Å²) >= 11 is 0. The van der Waals surface area contributed by atoms with Gasteiger partial charge in [-0.25, -0.2) is 4.79 Å². The Morgan fingerprint density at radius 1 is 1.05 bits per heavy atom. The predicted molar refractivity (Wildman–Crippen MR) is 52.6 cm³/mol. The van der Waals surface area contributed by atoms with Crippen molar-refractivity contribution in [1.29, 1.82) is 0 Å². The maximum atomic E-state index is 12.8. The number of H-pyrrole nitrogens is 1. The number of nitrogens with zero attached hydrogens (tertiary/aromatic N) is 1. The van der Waals surface area contributed by atoms with Crippen molar-refractivity contribution in [2.75, 3.05) is 0 Å². The number of aromatic nitrogens is 2. The van der Waals surface area contributed by atoms with Crippen LogP contribution in [0.3, 0.4) is 0 Å². The van der Waals surface area contributed by atoms with Gasteiger partial charge >= 0.3 is 18.1 Å². The lowest BCUT2D eigenvalue weighted by Crippen LogP contribution is -2.12. The third-order valence-corrected chi connectivity index (χ3v) is 2.35. The third-order valence-electron chi connectivity index (χ3n) is 2.35. The number of benzene rings is 1. The van der Waals surface area contributed by atoms with Crippen molar-refractivity contribution in [2.24, 2.45) is 0 Å². The third kappa shape index (κ3) is 2.68. The average Bonchev–Trinajstić information content (AvgIpc) is 2.72.